The van der Waals surface area contributed by atoms with Crippen molar-refractivity contribution in [1.29, 1.82) is 0 Å². The van der Waals surface area contributed by atoms with E-state index in [1.165, 1.54) is 0 Å². The maximum Gasteiger partial charge on any atom is 2.00 e. The van der Waals surface area contributed by atoms with Crippen molar-refractivity contribution in [2.75, 3.05) is 0 Å². The van der Waals surface area contributed by atoms with E-state index in [0.29, 0.717) is 5.75 Å². The van der Waals surface area contributed by atoms with Gasteiger partial charge in [-0.05, 0) is 12.1 Å². The number of rotatable bonds is 1. The smallest absolute Gasteiger partial charge is 1.00 e. The van der Waals surface area contributed by atoms with Crippen LogP contribution < -0.4 is 38.3 Å². The SMILES string of the molecule is ClOc1ccccc1.[Br-].[Br-].[Ca+2]. The van der Waals surface area contributed by atoms with E-state index < -0.39 is 0 Å². The van der Waals surface area contributed by atoms with Gasteiger partial charge in [-0.2, -0.15) is 0 Å². The van der Waals surface area contributed by atoms with Crippen LogP contribution in [-0.2, 0) is 0 Å². The molecule has 1 nitrogen and oxygen atoms in total. The second kappa shape index (κ2) is 11.5. The fraction of sp³-hybridized carbons (Fsp3) is 0. The molecule has 0 aliphatic heterocycles. The molecule has 0 saturated heterocycles. The quantitative estimate of drug-likeness (QED) is 0.476. The number of hydrogen-bond acceptors (Lipinski definition) is 1. The van der Waals surface area contributed by atoms with Gasteiger partial charge in [-0.1, -0.05) is 18.2 Å². The Hall–Kier alpha value is 1.53. The summed E-state index contributed by atoms with van der Waals surface area (Å²) in [6.45, 7) is 0. The average Bonchev–Trinajstić information content (AvgIpc) is 1.90. The van der Waals surface area contributed by atoms with Crippen molar-refractivity contribution in [1.82, 2.24) is 0 Å². The number of para-hydroxylation sites is 1. The molecule has 0 spiro atoms. The zero-order valence-electron chi connectivity index (χ0n) is 5.64. The van der Waals surface area contributed by atoms with Crippen LogP contribution in [0.15, 0.2) is 30.3 Å². The largest absolute Gasteiger partial charge is 2.00 e. The van der Waals surface area contributed by atoms with Crippen LogP contribution in [0.3, 0.4) is 0 Å². The van der Waals surface area contributed by atoms with Crippen molar-refractivity contribution in [3.8, 4) is 5.75 Å². The Bertz CT molecular complexity index is 162. The van der Waals surface area contributed by atoms with Crippen molar-refractivity contribution in [3.63, 3.8) is 0 Å². The Morgan fingerprint density at radius 3 is 1.73 bits per heavy atom. The summed E-state index contributed by atoms with van der Waals surface area (Å²) in [5.41, 5.74) is 0. The molecule has 58 valence electrons. The van der Waals surface area contributed by atoms with Crippen LogP contribution in [0.4, 0.5) is 0 Å². The Morgan fingerprint density at radius 1 is 1.00 bits per heavy atom. The number of halogens is 3. The third kappa shape index (κ3) is 7.88. The van der Waals surface area contributed by atoms with Gasteiger partial charge in [0.2, 0.25) is 0 Å². The minimum Gasteiger partial charge on any atom is -1.00 e. The van der Waals surface area contributed by atoms with Crippen molar-refractivity contribution >= 4 is 49.6 Å². The Balaban J connectivity index is -0.000000213. The molecule has 1 rings (SSSR count). The third-order valence-corrected chi connectivity index (χ3v) is 1.01. The molecule has 0 unspecified atom stereocenters. The second-order valence-corrected chi connectivity index (χ2v) is 1.54. The van der Waals surface area contributed by atoms with E-state index in [1.54, 1.807) is 12.1 Å². The molecule has 0 N–H and O–H groups in total. The number of benzene rings is 1. The van der Waals surface area contributed by atoms with E-state index in [2.05, 4.69) is 4.29 Å². The maximum atomic E-state index is 5.03. The summed E-state index contributed by atoms with van der Waals surface area (Å²) in [6.07, 6.45) is 0. The molecule has 5 heteroatoms. The fourth-order valence-corrected chi connectivity index (χ4v) is 0.575. The minimum atomic E-state index is 0. The molecule has 0 amide bonds. The van der Waals surface area contributed by atoms with Gasteiger partial charge in [0.1, 0.15) is 17.6 Å². The molecule has 0 saturated carbocycles. The molecule has 0 heterocycles. The molecule has 0 aliphatic rings. The van der Waals surface area contributed by atoms with E-state index in [-0.39, 0.29) is 71.7 Å². The minimum absolute atomic E-state index is 0. The molecule has 0 radical (unpaired) electrons. The molecule has 11 heavy (non-hydrogen) atoms. The molecule has 0 atom stereocenters. The topological polar surface area (TPSA) is 9.23 Å². The van der Waals surface area contributed by atoms with E-state index in [1.807, 2.05) is 18.2 Å². The van der Waals surface area contributed by atoms with Gasteiger partial charge >= 0.3 is 37.7 Å². The summed E-state index contributed by atoms with van der Waals surface area (Å²) < 4.78 is 4.39. The maximum absolute atomic E-state index is 5.03. The van der Waals surface area contributed by atoms with Crippen molar-refractivity contribution < 1.29 is 38.3 Å². The first-order chi connectivity index (χ1) is 3.93. The molecule has 0 aromatic heterocycles. The summed E-state index contributed by atoms with van der Waals surface area (Å²) in [7, 11) is 0. The van der Waals surface area contributed by atoms with Crippen LogP contribution in [0.1, 0.15) is 0 Å². The van der Waals surface area contributed by atoms with E-state index in [4.69, 9.17) is 11.9 Å². The monoisotopic (exact) mass is 326 g/mol. The van der Waals surface area contributed by atoms with Gasteiger partial charge in [-0.15, -0.1) is 0 Å². The van der Waals surface area contributed by atoms with Crippen LogP contribution >= 0.6 is 11.9 Å². The normalized spacial score (nSPS) is 6.27. The first-order valence-electron chi connectivity index (χ1n) is 2.27. The van der Waals surface area contributed by atoms with Crippen molar-refractivity contribution in [2.24, 2.45) is 0 Å². The molecule has 0 bridgehead atoms. The van der Waals surface area contributed by atoms with Crippen LogP contribution in [-0.4, -0.2) is 37.7 Å². The Kier molecular flexibility index (Phi) is 19.2. The molecule has 0 fully saturated rings. The Labute approximate surface area is 122 Å². The first kappa shape index (κ1) is 18.3. The van der Waals surface area contributed by atoms with Gasteiger partial charge in [0.05, 0.1) is 0 Å². The molecule has 1 aromatic rings. The number of hydrogen-bond donors (Lipinski definition) is 0. The van der Waals surface area contributed by atoms with E-state index >= 15 is 0 Å². The Morgan fingerprint density at radius 2 is 1.45 bits per heavy atom. The zero-order valence-corrected chi connectivity index (χ0v) is 11.8. The molecule has 1 aromatic carbocycles. The summed E-state index contributed by atoms with van der Waals surface area (Å²) in [5, 5.41) is 0. The molecular weight excluding hydrogens is 323 g/mol. The summed E-state index contributed by atoms with van der Waals surface area (Å²) in [4.78, 5) is 0. The van der Waals surface area contributed by atoms with Gasteiger partial charge in [0.15, 0.2) is 0 Å². The zero-order chi connectivity index (χ0) is 5.82. The van der Waals surface area contributed by atoms with Gasteiger partial charge in [-0.25, -0.2) is 0 Å². The van der Waals surface area contributed by atoms with Crippen molar-refractivity contribution in [2.45, 2.75) is 0 Å². The van der Waals surface area contributed by atoms with E-state index in [9.17, 15) is 0 Å². The van der Waals surface area contributed by atoms with Crippen LogP contribution in [0, 0.1) is 0 Å². The summed E-state index contributed by atoms with van der Waals surface area (Å²) >= 11 is 5.03. The predicted molar refractivity (Wildman–Crippen MR) is 38.7 cm³/mol. The third-order valence-electron chi connectivity index (χ3n) is 0.832. The standard InChI is InChI=1S/C6H5ClO.2BrH.Ca/c7-8-6-4-2-1-3-5-6;;;/h1-5H;2*1H;/q;;;+2/p-2. The average molecular weight is 328 g/mol. The van der Waals surface area contributed by atoms with Gasteiger partial charge in [0.25, 0.3) is 0 Å². The van der Waals surface area contributed by atoms with E-state index in [0.717, 1.165) is 0 Å². The second-order valence-electron chi connectivity index (χ2n) is 1.39. The fourth-order valence-electron chi connectivity index (χ4n) is 0.472. The van der Waals surface area contributed by atoms with Crippen LogP contribution in [0.2, 0.25) is 0 Å². The van der Waals surface area contributed by atoms with Gasteiger partial charge < -0.3 is 38.3 Å². The van der Waals surface area contributed by atoms with Crippen LogP contribution in [0.5, 0.6) is 5.75 Å². The van der Waals surface area contributed by atoms with Crippen molar-refractivity contribution in [3.05, 3.63) is 30.3 Å². The van der Waals surface area contributed by atoms with Gasteiger partial charge in [-0.3, -0.25) is 0 Å². The summed E-state index contributed by atoms with van der Waals surface area (Å²) in [6, 6.07) is 9.19. The van der Waals surface area contributed by atoms with Crippen LogP contribution in [0.25, 0.3) is 0 Å². The summed E-state index contributed by atoms with van der Waals surface area (Å²) in [5.74, 6) is 0.675. The van der Waals surface area contributed by atoms with Gasteiger partial charge in [0, 0.05) is 0 Å². The molecular formula is C6H5Br2CaClO. The predicted octanol–water partition coefficient (Wildman–Crippen LogP) is -4.15. The molecule has 0 aliphatic carbocycles. The first-order valence-corrected chi connectivity index (χ1v) is 2.58.